The van der Waals surface area contributed by atoms with Crippen LogP contribution >= 0.6 is 22.7 Å². The summed E-state index contributed by atoms with van der Waals surface area (Å²) in [6.07, 6.45) is 1.93. The standard InChI is InChI=1S/C21H20N4O2S2/c1-13-6-4-5-7-18(13)27-10-15-8-19(28-11-15)20(26)23-21-22-17(12-29-21)16-9-25(3)24-14(16)2/h4-9,11-12H,10H2,1-3H3,(H,22,23,26). The van der Waals surface area contributed by atoms with Gasteiger partial charge in [0.2, 0.25) is 0 Å². The van der Waals surface area contributed by atoms with Gasteiger partial charge in [0.05, 0.1) is 16.3 Å². The fourth-order valence-electron chi connectivity index (χ4n) is 2.91. The van der Waals surface area contributed by atoms with Crippen molar-refractivity contribution in [2.75, 3.05) is 5.32 Å². The van der Waals surface area contributed by atoms with E-state index in [1.807, 2.05) is 68.2 Å². The lowest BCUT2D eigenvalue weighted by Gasteiger charge is -2.07. The molecular weight excluding hydrogens is 404 g/mol. The van der Waals surface area contributed by atoms with Crippen LogP contribution in [0.5, 0.6) is 5.75 Å². The molecule has 0 unspecified atom stereocenters. The first-order valence-corrected chi connectivity index (χ1v) is 10.8. The number of para-hydroxylation sites is 1. The van der Waals surface area contributed by atoms with Gasteiger partial charge < -0.3 is 4.74 Å². The number of anilines is 1. The number of amides is 1. The monoisotopic (exact) mass is 424 g/mol. The number of hydrogen-bond acceptors (Lipinski definition) is 6. The largest absolute Gasteiger partial charge is 0.489 e. The number of carbonyl (C=O) groups excluding carboxylic acids is 1. The van der Waals surface area contributed by atoms with E-state index in [2.05, 4.69) is 15.4 Å². The number of aromatic nitrogens is 3. The van der Waals surface area contributed by atoms with Gasteiger partial charge in [-0.05, 0) is 36.9 Å². The lowest BCUT2D eigenvalue weighted by molar-refractivity contribution is 0.103. The quantitative estimate of drug-likeness (QED) is 0.470. The predicted molar refractivity (Wildman–Crippen MR) is 117 cm³/mol. The Morgan fingerprint density at radius 3 is 2.79 bits per heavy atom. The van der Waals surface area contributed by atoms with Crippen LogP contribution in [-0.4, -0.2) is 20.7 Å². The lowest BCUT2D eigenvalue weighted by Crippen LogP contribution is -2.09. The van der Waals surface area contributed by atoms with Gasteiger partial charge in [-0.25, -0.2) is 4.98 Å². The number of aryl methyl sites for hydroxylation is 3. The maximum Gasteiger partial charge on any atom is 0.267 e. The van der Waals surface area contributed by atoms with E-state index in [1.165, 1.54) is 22.7 Å². The van der Waals surface area contributed by atoms with E-state index in [9.17, 15) is 4.79 Å². The van der Waals surface area contributed by atoms with Crippen LogP contribution < -0.4 is 10.1 Å². The van der Waals surface area contributed by atoms with Gasteiger partial charge >= 0.3 is 0 Å². The van der Waals surface area contributed by atoms with Gasteiger partial charge in [-0.1, -0.05) is 18.2 Å². The summed E-state index contributed by atoms with van der Waals surface area (Å²) in [5.41, 5.74) is 4.75. The molecule has 0 saturated heterocycles. The summed E-state index contributed by atoms with van der Waals surface area (Å²) in [4.78, 5) is 17.7. The van der Waals surface area contributed by atoms with Gasteiger partial charge in [-0.3, -0.25) is 14.8 Å². The van der Waals surface area contributed by atoms with Crippen LogP contribution in [0.4, 0.5) is 5.13 Å². The zero-order valence-electron chi connectivity index (χ0n) is 16.3. The number of benzene rings is 1. The van der Waals surface area contributed by atoms with Crippen molar-refractivity contribution in [2.24, 2.45) is 7.05 Å². The highest BCUT2D eigenvalue weighted by molar-refractivity contribution is 7.14. The number of nitrogens with one attached hydrogen (secondary N) is 1. The van der Waals surface area contributed by atoms with E-state index in [0.29, 0.717) is 16.6 Å². The maximum absolute atomic E-state index is 12.6. The van der Waals surface area contributed by atoms with Crippen LogP contribution in [0, 0.1) is 13.8 Å². The highest BCUT2D eigenvalue weighted by Gasteiger charge is 2.14. The molecule has 3 heterocycles. The van der Waals surface area contributed by atoms with E-state index in [-0.39, 0.29) is 5.91 Å². The fraction of sp³-hybridized carbons (Fsp3) is 0.190. The van der Waals surface area contributed by atoms with Crippen LogP contribution in [0.1, 0.15) is 26.5 Å². The minimum Gasteiger partial charge on any atom is -0.489 e. The van der Waals surface area contributed by atoms with Crippen molar-refractivity contribution in [3.05, 3.63) is 69.0 Å². The molecule has 8 heteroatoms. The highest BCUT2D eigenvalue weighted by Crippen LogP contribution is 2.27. The Morgan fingerprint density at radius 2 is 2.03 bits per heavy atom. The Kier molecular flexibility index (Phi) is 5.46. The van der Waals surface area contributed by atoms with Crippen molar-refractivity contribution < 1.29 is 9.53 Å². The molecular formula is C21H20N4O2S2. The zero-order valence-corrected chi connectivity index (χ0v) is 17.9. The number of ether oxygens (including phenoxy) is 1. The molecule has 4 aromatic rings. The van der Waals surface area contributed by atoms with E-state index in [0.717, 1.165) is 33.8 Å². The van der Waals surface area contributed by atoms with Crippen LogP contribution in [0.15, 0.2) is 47.3 Å². The van der Waals surface area contributed by atoms with E-state index >= 15 is 0 Å². The molecule has 29 heavy (non-hydrogen) atoms. The van der Waals surface area contributed by atoms with Crippen LogP contribution in [-0.2, 0) is 13.7 Å². The average molecular weight is 425 g/mol. The fourth-order valence-corrected chi connectivity index (χ4v) is 4.41. The number of thiophene rings is 1. The first-order chi connectivity index (χ1) is 14.0. The number of thiazole rings is 1. The molecule has 4 rings (SSSR count). The number of nitrogens with zero attached hydrogens (tertiary/aromatic N) is 3. The topological polar surface area (TPSA) is 69.0 Å². The first kappa shape index (κ1) is 19.4. The van der Waals surface area contributed by atoms with Gasteiger partial charge in [-0.2, -0.15) is 5.10 Å². The molecule has 0 spiro atoms. The summed E-state index contributed by atoms with van der Waals surface area (Å²) < 4.78 is 7.61. The van der Waals surface area contributed by atoms with Gasteiger partial charge in [0.25, 0.3) is 5.91 Å². The normalized spacial score (nSPS) is 10.9. The van der Waals surface area contributed by atoms with Gasteiger partial charge in [0, 0.05) is 29.8 Å². The number of rotatable bonds is 6. The Balaban J connectivity index is 1.39. The third-order valence-corrected chi connectivity index (χ3v) is 6.12. The molecule has 0 radical (unpaired) electrons. The molecule has 1 amide bonds. The van der Waals surface area contributed by atoms with E-state index in [4.69, 9.17) is 4.74 Å². The summed E-state index contributed by atoms with van der Waals surface area (Å²) in [5, 5.41) is 11.7. The van der Waals surface area contributed by atoms with Crippen LogP contribution in [0.3, 0.4) is 0 Å². The van der Waals surface area contributed by atoms with Crippen molar-refractivity contribution in [3.8, 4) is 17.0 Å². The summed E-state index contributed by atoms with van der Waals surface area (Å²) in [6.45, 7) is 4.38. The summed E-state index contributed by atoms with van der Waals surface area (Å²) in [7, 11) is 1.88. The molecule has 0 atom stereocenters. The SMILES string of the molecule is Cc1ccccc1OCc1csc(C(=O)Nc2nc(-c3cn(C)nc3C)cs2)c1. The second kappa shape index (κ2) is 8.18. The van der Waals surface area contributed by atoms with Gasteiger partial charge in [-0.15, -0.1) is 22.7 Å². The molecule has 0 aliphatic heterocycles. The Hall–Kier alpha value is -2.97. The molecule has 3 aromatic heterocycles. The molecule has 0 aliphatic carbocycles. The van der Waals surface area contributed by atoms with E-state index < -0.39 is 0 Å². The molecule has 1 N–H and O–H groups in total. The molecule has 6 nitrogen and oxygen atoms in total. The molecule has 0 saturated carbocycles. The Labute approximate surface area is 176 Å². The Morgan fingerprint density at radius 1 is 1.21 bits per heavy atom. The predicted octanol–water partition coefficient (Wildman–Crippen LogP) is 5.05. The highest BCUT2D eigenvalue weighted by atomic mass is 32.1. The number of hydrogen-bond donors (Lipinski definition) is 1. The van der Waals surface area contributed by atoms with Gasteiger partial charge in [0.15, 0.2) is 5.13 Å². The van der Waals surface area contributed by atoms with E-state index in [1.54, 1.807) is 4.68 Å². The third-order valence-electron chi connectivity index (χ3n) is 4.38. The van der Waals surface area contributed by atoms with Crippen molar-refractivity contribution in [3.63, 3.8) is 0 Å². The van der Waals surface area contributed by atoms with Crippen molar-refractivity contribution in [1.82, 2.24) is 14.8 Å². The molecule has 0 fully saturated rings. The van der Waals surface area contributed by atoms with Crippen LogP contribution in [0.25, 0.3) is 11.3 Å². The summed E-state index contributed by atoms with van der Waals surface area (Å²) >= 11 is 2.80. The number of carbonyl (C=O) groups is 1. The van der Waals surface area contributed by atoms with Crippen molar-refractivity contribution >= 4 is 33.7 Å². The average Bonchev–Trinajstić information content (AvgIpc) is 3.41. The smallest absolute Gasteiger partial charge is 0.267 e. The minimum atomic E-state index is -0.166. The summed E-state index contributed by atoms with van der Waals surface area (Å²) in [5.74, 6) is 0.687. The Bertz CT molecular complexity index is 1160. The van der Waals surface area contributed by atoms with Crippen molar-refractivity contribution in [1.29, 1.82) is 0 Å². The first-order valence-electron chi connectivity index (χ1n) is 9.03. The third kappa shape index (κ3) is 4.38. The molecule has 148 valence electrons. The minimum absolute atomic E-state index is 0.166. The molecule has 1 aromatic carbocycles. The zero-order chi connectivity index (χ0) is 20.4. The molecule has 0 bridgehead atoms. The van der Waals surface area contributed by atoms with Crippen molar-refractivity contribution in [2.45, 2.75) is 20.5 Å². The lowest BCUT2D eigenvalue weighted by atomic mass is 10.2. The molecule has 0 aliphatic rings. The van der Waals surface area contributed by atoms with Gasteiger partial charge in [0.1, 0.15) is 12.4 Å². The van der Waals surface area contributed by atoms with Crippen LogP contribution in [0.2, 0.25) is 0 Å². The second-order valence-electron chi connectivity index (χ2n) is 6.67. The summed E-state index contributed by atoms with van der Waals surface area (Å²) in [6, 6.07) is 9.74. The second-order valence-corrected chi connectivity index (χ2v) is 8.44. The maximum atomic E-state index is 12.6.